The van der Waals surface area contributed by atoms with E-state index in [0.717, 1.165) is 27.7 Å². The standard InChI is InChI=1S/C23H21N3O2/c24-17-8-11-20-19(14-17)21(23(28)26-20)22(16-4-2-1-3-5-16)25-18-9-6-15(7-10-18)12-13-27/h1-11,14,26-28H,12-13,24H2. The molecule has 1 heterocycles. The number of aromatic nitrogens is 1. The molecular formula is C23H21N3O2. The van der Waals surface area contributed by atoms with Crippen LogP contribution in [-0.2, 0) is 6.42 Å². The van der Waals surface area contributed by atoms with Crippen molar-refractivity contribution >= 4 is 28.0 Å². The zero-order chi connectivity index (χ0) is 19.5. The molecule has 0 bridgehead atoms. The van der Waals surface area contributed by atoms with Crippen molar-refractivity contribution in [3.05, 3.63) is 89.5 Å². The normalized spacial score (nSPS) is 11.8. The van der Waals surface area contributed by atoms with Gasteiger partial charge in [-0.3, -0.25) is 0 Å². The summed E-state index contributed by atoms with van der Waals surface area (Å²) in [6, 6.07) is 22.9. The second-order valence-corrected chi connectivity index (χ2v) is 6.62. The van der Waals surface area contributed by atoms with Crippen molar-refractivity contribution in [2.45, 2.75) is 6.42 Å². The highest BCUT2D eigenvalue weighted by Gasteiger charge is 2.18. The molecule has 0 amide bonds. The number of H-pyrrole nitrogens is 1. The number of aromatic amines is 1. The molecular weight excluding hydrogens is 350 g/mol. The molecule has 4 aromatic rings. The number of rotatable bonds is 5. The molecule has 0 radical (unpaired) electrons. The van der Waals surface area contributed by atoms with Gasteiger partial charge in [-0.05, 0) is 42.3 Å². The van der Waals surface area contributed by atoms with Gasteiger partial charge in [-0.25, -0.2) is 4.99 Å². The summed E-state index contributed by atoms with van der Waals surface area (Å²) >= 11 is 0. The van der Waals surface area contributed by atoms with Crippen LogP contribution in [0.25, 0.3) is 10.9 Å². The summed E-state index contributed by atoms with van der Waals surface area (Å²) in [7, 11) is 0. The number of fused-ring (bicyclic) bond motifs is 1. The van der Waals surface area contributed by atoms with Crippen LogP contribution in [0.1, 0.15) is 16.7 Å². The van der Waals surface area contributed by atoms with Crippen molar-refractivity contribution in [1.82, 2.24) is 4.98 Å². The van der Waals surface area contributed by atoms with Gasteiger partial charge in [-0.2, -0.15) is 0 Å². The molecule has 0 unspecified atom stereocenters. The van der Waals surface area contributed by atoms with E-state index >= 15 is 0 Å². The lowest BCUT2D eigenvalue weighted by Crippen LogP contribution is -2.03. The van der Waals surface area contributed by atoms with Gasteiger partial charge in [0.25, 0.3) is 0 Å². The number of benzene rings is 3. The Bertz CT molecular complexity index is 1130. The minimum atomic E-state index is 0.0557. The number of nitrogens with one attached hydrogen (secondary N) is 1. The summed E-state index contributed by atoms with van der Waals surface area (Å²) in [4.78, 5) is 7.85. The van der Waals surface area contributed by atoms with Crippen LogP contribution < -0.4 is 5.73 Å². The predicted octanol–water partition coefficient (Wildman–Crippen LogP) is 4.16. The van der Waals surface area contributed by atoms with E-state index in [-0.39, 0.29) is 12.5 Å². The van der Waals surface area contributed by atoms with Gasteiger partial charge in [0.2, 0.25) is 0 Å². The molecule has 5 heteroatoms. The molecule has 0 saturated carbocycles. The van der Waals surface area contributed by atoms with Crippen LogP contribution in [0.5, 0.6) is 5.88 Å². The van der Waals surface area contributed by atoms with Crippen LogP contribution in [0.2, 0.25) is 0 Å². The number of hydrogen-bond acceptors (Lipinski definition) is 4. The minimum Gasteiger partial charge on any atom is -0.494 e. The number of nitrogens with zero attached hydrogens (tertiary/aromatic N) is 1. The predicted molar refractivity (Wildman–Crippen MR) is 113 cm³/mol. The van der Waals surface area contributed by atoms with Gasteiger partial charge in [-0.15, -0.1) is 0 Å². The molecule has 140 valence electrons. The Kier molecular flexibility index (Phi) is 4.83. The molecule has 0 aliphatic carbocycles. The molecule has 5 N–H and O–H groups in total. The first-order valence-corrected chi connectivity index (χ1v) is 9.10. The van der Waals surface area contributed by atoms with Crippen LogP contribution in [0.3, 0.4) is 0 Å². The van der Waals surface area contributed by atoms with E-state index in [1.54, 1.807) is 6.07 Å². The molecule has 0 saturated heterocycles. The summed E-state index contributed by atoms with van der Waals surface area (Å²) in [6.07, 6.45) is 0.609. The number of nitrogens with two attached hydrogens (primary N) is 1. The zero-order valence-corrected chi connectivity index (χ0v) is 15.3. The highest BCUT2D eigenvalue weighted by molar-refractivity contribution is 6.22. The zero-order valence-electron chi connectivity index (χ0n) is 15.3. The first kappa shape index (κ1) is 17.8. The Balaban J connectivity index is 1.90. The summed E-state index contributed by atoms with van der Waals surface area (Å²) in [5.74, 6) is 0.0557. The lowest BCUT2D eigenvalue weighted by Gasteiger charge is -2.08. The third-order valence-electron chi connectivity index (χ3n) is 4.66. The van der Waals surface area contributed by atoms with Crippen molar-refractivity contribution < 1.29 is 10.2 Å². The average Bonchev–Trinajstić information content (AvgIpc) is 3.03. The number of aliphatic hydroxyl groups is 1. The van der Waals surface area contributed by atoms with Gasteiger partial charge in [0.15, 0.2) is 5.88 Å². The van der Waals surface area contributed by atoms with Crippen LogP contribution in [0.15, 0.2) is 77.8 Å². The molecule has 1 aromatic heterocycles. The van der Waals surface area contributed by atoms with E-state index in [2.05, 4.69) is 4.98 Å². The Labute approximate surface area is 162 Å². The van der Waals surface area contributed by atoms with Gasteiger partial charge in [-0.1, -0.05) is 42.5 Å². The number of aromatic hydroxyl groups is 1. The molecule has 5 nitrogen and oxygen atoms in total. The molecule has 0 fully saturated rings. The van der Waals surface area contributed by atoms with Gasteiger partial charge in [0, 0.05) is 28.8 Å². The van der Waals surface area contributed by atoms with Gasteiger partial charge < -0.3 is 20.9 Å². The van der Waals surface area contributed by atoms with Gasteiger partial charge in [0.05, 0.1) is 17.0 Å². The van der Waals surface area contributed by atoms with E-state index in [1.807, 2.05) is 66.7 Å². The SMILES string of the molecule is Nc1ccc2[nH]c(O)c(C(=Nc3ccc(CCO)cc3)c3ccccc3)c2c1. The van der Waals surface area contributed by atoms with Gasteiger partial charge >= 0.3 is 0 Å². The summed E-state index contributed by atoms with van der Waals surface area (Å²) in [6.45, 7) is 0.114. The Morgan fingerprint density at radius 3 is 2.43 bits per heavy atom. The average molecular weight is 371 g/mol. The minimum absolute atomic E-state index is 0.0557. The number of nitrogen functional groups attached to an aromatic ring is 1. The van der Waals surface area contributed by atoms with E-state index in [9.17, 15) is 5.11 Å². The molecule has 0 spiro atoms. The topological polar surface area (TPSA) is 94.6 Å². The van der Waals surface area contributed by atoms with Crippen molar-refractivity contribution in [1.29, 1.82) is 0 Å². The lowest BCUT2D eigenvalue weighted by molar-refractivity contribution is 0.299. The first-order valence-electron chi connectivity index (χ1n) is 9.10. The van der Waals surface area contributed by atoms with E-state index in [4.69, 9.17) is 15.8 Å². The second kappa shape index (κ2) is 7.58. The van der Waals surface area contributed by atoms with Crippen molar-refractivity contribution in [3.8, 4) is 5.88 Å². The molecule has 0 atom stereocenters. The Morgan fingerprint density at radius 2 is 1.71 bits per heavy atom. The fourth-order valence-electron chi connectivity index (χ4n) is 3.29. The highest BCUT2D eigenvalue weighted by Crippen LogP contribution is 2.32. The van der Waals surface area contributed by atoms with Crippen LogP contribution >= 0.6 is 0 Å². The van der Waals surface area contributed by atoms with E-state index < -0.39 is 0 Å². The van der Waals surface area contributed by atoms with Crippen LogP contribution in [0, 0.1) is 0 Å². The van der Waals surface area contributed by atoms with E-state index in [1.165, 1.54) is 0 Å². The number of anilines is 1. The molecule has 3 aromatic carbocycles. The highest BCUT2D eigenvalue weighted by atomic mass is 16.3. The summed E-state index contributed by atoms with van der Waals surface area (Å²) in [5.41, 5.74) is 11.4. The number of aliphatic hydroxyl groups excluding tert-OH is 1. The molecule has 0 aliphatic heterocycles. The summed E-state index contributed by atoms with van der Waals surface area (Å²) < 4.78 is 0. The maximum atomic E-state index is 10.6. The quantitative estimate of drug-likeness (QED) is 0.313. The molecule has 4 rings (SSSR count). The monoisotopic (exact) mass is 371 g/mol. The fourth-order valence-corrected chi connectivity index (χ4v) is 3.29. The van der Waals surface area contributed by atoms with Crippen molar-refractivity contribution in [2.75, 3.05) is 12.3 Å². The van der Waals surface area contributed by atoms with Crippen LogP contribution in [-0.4, -0.2) is 27.5 Å². The van der Waals surface area contributed by atoms with Crippen molar-refractivity contribution in [3.63, 3.8) is 0 Å². The van der Waals surface area contributed by atoms with Crippen LogP contribution in [0.4, 0.5) is 11.4 Å². The fraction of sp³-hybridized carbons (Fsp3) is 0.0870. The first-order chi connectivity index (χ1) is 13.7. The summed E-state index contributed by atoms with van der Waals surface area (Å²) in [5, 5.41) is 20.6. The third-order valence-corrected chi connectivity index (χ3v) is 4.66. The second-order valence-electron chi connectivity index (χ2n) is 6.62. The largest absolute Gasteiger partial charge is 0.494 e. The Morgan fingerprint density at radius 1 is 0.964 bits per heavy atom. The van der Waals surface area contributed by atoms with E-state index in [0.29, 0.717) is 23.4 Å². The smallest absolute Gasteiger partial charge is 0.199 e. The number of aliphatic imine (C=N–C) groups is 1. The molecule has 28 heavy (non-hydrogen) atoms. The maximum Gasteiger partial charge on any atom is 0.199 e. The third kappa shape index (κ3) is 3.48. The molecule has 0 aliphatic rings. The Hall–Kier alpha value is -3.57. The number of hydrogen-bond donors (Lipinski definition) is 4. The van der Waals surface area contributed by atoms with Gasteiger partial charge in [0.1, 0.15) is 0 Å². The lowest BCUT2D eigenvalue weighted by atomic mass is 10.0. The maximum absolute atomic E-state index is 10.6. The van der Waals surface area contributed by atoms with Crippen molar-refractivity contribution in [2.24, 2.45) is 4.99 Å².